The Kier molecular flexibility index (Phi) is 7.48. The number of hydrogen-bond donors (Lipinski definition) is 1. The van der Waals surface area contributed by atoms with E-state index >= 15 is 0 Å². The van der Waals surface area contributed by atoms with Gasteiger partial charge in [-0.05, 0) is 94.4 Å². The molecule has 6 nitrogen and oxygen atoms in total. The lowest BCUT2D eigenvalue weighted by molar-refractivity contribution is -0.127. The van der Waals surface area contributed by atoms with Crippen molar-refractivity contribution in [2.24, 2.45) is 5.92 Å². The number of nitrogens with zero attached hydrogens (tertiary/aromatic N) is 2. The SMILES string of the molecule is CC(=O)c1ccc(-c2ccc(CC(C#N)NC(=O)C3C4CC[C@H](C4)N3C(=S)OC(C)(C)C)c(F)c2)s1. The van der Waals surface area contributed by atoms with Gasteiger partial charge >= 0.3 is 0 Å². The Morgan fingerprint density at radius 2 is 2.06 bits per heavy atom. The summed E-state index contributed by atoms with van der Waals surface area (Å²) in [7, 11) is 0. The summed E-state index contributed by atoms with van der Waals surface area (Å²) < 4.78 is 20.9. The second-order valence-corrected chi connectivity index (χ2v) is 11.9. The van der Waals surface area contributed by atoms with Crippen LogP contribution >= 0.6 is 23.6 Å². The molecule has 2 aliphatic rings. The number of likely N-dealkylation sites (tertiary alicyclic amines) is 1. The second kappa shape index (κ2) is 10.3. The first kappa shape index (κ1) is 26.2. The summed E-state index contributed by atoms with van der Waals surface area (Å²) in [5.41, 5.74) is 0.525. The largest absolute Gasteiger partial charge is 0.465 e. The first-order valence-electron chi connectivity index (χ1n) is 12.1. The van der Waals surface area contributed by atoms with Crippen molar-refractivity contribution in [2.45, 2.75) is 77.1 Å². The molecule has 1 aromatic carbocycles. The van der Waals surface area contributed by atoms with Crippen LogP contribution in [0.3, 0.4) is 0 Å². The Labute approximate surface area is 220 Å². The molecule has 2 heterocycles. The van der Waals surface area contributed by atoms with Crippen LogP contribution in [0.2, 0.25) is 0 Å². The highest BCUT2D eigenvalue weighted by atomic mass is 32.1. The summed E-state index contributed by atoms with van der Waals surface area (Å²) in [6, 6.07) is 9.21. The summed E-state index contributed by atoms with van der Waals surface area (Å²) in [4.78, 5) is 28.2. The van der Waals surface area contributed by atoms with E-state index < -0.39 is 23.5 Å². The molecule has 4 atom stereocenters. The summed E-state index contributed by atoms with van der Waals surface area (Å²) in [5, 5.41) is 12.9. The minimum absolute atomic E-state index is 0.0317. The number of thiophene rings is 1. The summed E-state index contributed by atoms with van der Waals surface area (Å²) in [6.07, 6.45) is 2.80. The lowest BCUT2D eigenvalue weighted by Crippen LogP contribution is -2.55. The third kappa shape index (κ3) is 5.60. The quantitative estimate of drug-likeness (QED) is 0.408. The fraction of sp³-hybridized carbons (Fsp3) is 0.481. The summed E-state index contributed by atoms with van der Waals surface area (Å²) in [5.74, 6) is -0.615. The van der Waals surface area contributed by atoms with Crippen LogP contribution < -0.4 is 5.32 Å². The highest BCUT2D eigenvalue weighted by Crippen LogP contribution is 2.43. The molecule has 3 unspecified atom stereocenters. The lowest BCUT2D eigenvalue weighted by Gasteiger charge is -2.38. The van der Waals surface area contributed by atoms with E-state index in [1.807, 2.05) is 25.7 Å². The van der Waals surface area contributed by atoms with Gasteiger partial charge in [-0.2, -0.15) is 5.26 Å². The fourth-order valence-electron chi connectivity index (χ4n) is 5.06. The molecule has 1 saturated heterocycles. The van der Waals surface area contributed by atoms with Crippen LogP contribution in [0.15, 0.2) is 30.3 Å². The molecule has 1 saturated carbocycles. The maximum Gasteiger partial charge on any atom is 0.260 e. The van der Waals surface area contributed by atoms with Gasteiger partial charge in [0, 0.05) is 17.3 Å². The van der Waals surface area contributed by atoms with Crippen molar-refractivity contribution in [3.8, 4) is 16.5 Å². The average Bonchev–Trinajstić information content (AvgIpc) is 3.54. The molecule has 1 aliphatic heterocycles. The lowest BCUT2D eigenvalue weighted by atomic mass is 9.97. The molecule has 1 aliphatic carbocycles. The molecule has 1 N–H and O–H groups in total. The smallest absolute Gasteiger partial charge is 0.260 e. The third-order valence-corrected chi connectivity index (χ3v) is 8.17. The van der Waals surface area contributed by atoms with Crippen LogP contribution in [0.1, 0.15) is 62.2 Å². The molecule has 1 amide bonds. The molecular weight excluding hydrogens is 497 g/mol. The van der Waals surface area contributed by atoms with Crippen LogP contribution in [-0.4, -0.2) is 45.5 Å². The van der Waals surface area contributed by atoms with E-state index in [2.05, 4.69) is 11.4 Å². The molecule has 0 radical (unpaired) electrons. The van der Waals surface area contributed by atoms with Crippen molar-refractivity contribution in [1.29, 1.82) is 5.26 Å². The van der Waals surface area contributed by atoms with Gasteiger partial charge in [0.05, 0.1) is 10.9 Å². The molecule has 9 heteroatoms. The van der Waals surface area contributed by atoms with Gasteiger partial charge in [-0.25, -0.2) is 4.39 Å². The van der Waals surface area contributed by atoms with Gasteiger partial charge < -0.3 is 15.0 Å². The fourth-order valence-corrected chi connectivity index (χ4v) is 6.47. The first-order chi connectivity index (χ1) is 17.0. The molecule has 4 rings (SSSR count). The zero-order chi connectivity index (χ0) is 26.2. The van der Waals surface area contributed by atoms with Gasteiger partial charge in [0.25, 0.3) is 5.17 Å². The van der Waals surface area contributed by atoms with E-state index in [4.69, 9.17) is 17.0 Å². The zero-order valence-electron chi connectivity index (χ0n) is 20.8. The Morgan fingerprint density at radius 1 is 1.31 bits per heavy atom. The number of nitrogens with one attached hydrogen (secondary N) is 1. The molecule has 2 fully saturated rings. The van der Waals surface area contributed by atoms with Gasteiger partial charge in [-0.1, -0.05) is 12.1 Å². The number of rotatable bonds is 6. The number of Topliss-reactive ketones (excluding diaryl/α,β-unsaturated/α-hetero) is 1. The maximum atomic E-state index is 15.0. The summed E-state index contributed by atoms with van der Waals surface area (Å²) in [6.45, 7) is 7.23. The predicted octanol–water partition coefficient (Wildman–Crippen LogP) is 5.26. The molecule has 2 bridgehead atoms. The molecule has 1 aromatic heterocycles. The topological polar surface area (TPSA) is 82.4 Å². The van der Waals surface area contributed by atoms with Crippen molar-refractivity contribution in [2.75, 3.05) is 0 Å². The molecule has 0 spiro atoms. The van der Waals surface area contributed by atoms with Crippen molar-refractivity contribution in [1.82, 2.24) is 10.2 Å². The number of piperidine rings is 1. The van der Waals surface area contributed by atoms with Gasteiger partial charge in [-0.15, -0.1) is 11.3 Å². The number of benzene rings is 1. The average molecular weight is 528 g/mol. The minimum atomic E-state index is -0.887. The standard InChI is InChI=1S/C27H30FN3O3S2/c1-15(32)22-9-10-23(36-22)17-6-5-16(21(28)13-17)11-19(14-29)30-25(33)24-18-7-8-20(12-18)31(24)26(35)34-27(2,3)4/h5-6,9-10,13,18-20,24H,7-8,11-12H2,1-4H3,(H,30,33)/t18?,19?,20-,24?/m1/s1. The normalized spacial score (nSPS) is 21.7. The maximum absolute atomic E-state index is 15.0. The van der Waals surface area contributed by atoms with Gasteiger partial charge in [0.1, 0.15) is 23.5 Å². The first-order valence-corrected chi connectivity index (χ1v) is 13.3. The number of hydrogen-bond acceptors (Lipinski definition) is 6. The highest BCUT2D eigenvalue weighted by molar-refractivity contribution is 7.80. The Morgan fingerprint density at radius 3 is 2.67 bits per heavy atom. The highest BCUT2D eigenvalue weighted by Gasteiger charge is 2.51. The molecule has 36 heavy (non-hydrogen) atoms. The van der Waals surface area contributed by atoms with Crippen LogP contribution in [0.5, 0.6) is 0 Å². The van der Waals surface area contributed by atoms with E-state index in [9.17, 15) is 19.2 Å². The number of amides is 1. The molecule has 190 valence electrons. The third-order valence-electron chi connectivity index (χ3n) is 6.64. The van der Waals surface area contributed by atoms with Crippen molar-refractivity contribution in [3.05, 3.63) is 46.6 Å². The number of ketones is 1. The monoisotopic (exact) mass is 527 g/mol. The van der Waals surface area contributed by atoms with Crippen LogP contribution in [0.4, 0.5) is 4.39 Å². The molecular formula is C27H30FN3O3S2. The van der Waals surface area contributed by atoms with Gasteiger partial charge in [-0.3, -0.25) is 9.59 Å². The number of ether oxygens (including phenoxy) is 1. The van der Waals surface area contributed by atoms with E-state index in [0.29, 0.717) is 21.2 Å². The van der Waals surface area contributed by atoms with E-state index in [1.165, 1.54) is 24.3 Å². The Hall–Kier alpha value is -2.83. The van der Waals surface area contributed by atoms with E-state index in [1.54, 1.807) is 24.3 Å². The zero-order valence-corrected chi connectivity index (χ0v) is 22.5. The summed E-state index contributed by atoms with van der Waals surface area (Å²) >= 11 is 6.86. The minimum Gasteiger partial charge on any atom is -0.465 e. The van der Waals surface area contributed by atoms with Crippen molar-refractivity contribution >= 4 is 40.4 Å². The van der Waals surface area contributed by atoms with Crippen LogP contribution in [0.25, 0.3) is 10.4 Å². The Balaban J connectivity index is 1.45. The predicted molar refractivity (Wildman–Crippen MR) is 141 cm³/mol. The van der Waals surface area contributed by atoms with Crippen molar-refractivity contribution in [3.63, 3.8) is 0 Å². The van der Waals surface area contributed by atoms with Crippen molar-refractivity contribution < 1.29 is 18.7 Å². The van der Waals surface area contributed by atoms with E-state index in [-0.39, 0.29) is 30.1 Å². The van der Waals surface area contributed by atoms with Crippen LogP contribution in [0, 0.1) is 23.1 Å². The van der Waals surface area contributed by atoms with Crippen LogP contribution in [-0.2, 0) is 16.0 Å². The van der Waals surface area contributed by atoms with E-state index in [0.717, 1.165) is 24.1 Å². The number of carbonyl (C=O) groups excluding carboxylic acids is 2. The van der Waals surface area contributed by atoms with Gasteiger partial charge in [0.2, 0.25) is 5.91 Å². The Bertz CT molecular complexity index is 1230. The number of fused-ring (bicyclic) bond motifs is 2. The van der Waals surface area contributed by atoms with Gasteiger partial charge in [0.15, 0.2) is 5.78 Å². The number of nitriles is 1. The molecule has 2 aromatic rings. The number of carbonyl (C=O) groups is 2. The number of halogens is 1. The second-order valence-electron chi connectivity index (χ2n) is 10.5. The number of thiocarbonyl (C=S) groups is 1.